The van der Waals surface area contributed by atoms with E-state index in [1.165, 1.54) is 6.92 Å². The number of hydrogen-bond donors (Lipinski definition) is 1. The predicted octanol–water partition coefficient (Wildman–Crippen LogP) is 4.89. The molecule has 0 saturated heterocycles. The minimum atomic E-state index is -0.418. The molecule has 7 heteroatoms. The van der Waals surface area contributed by atoms with Crippen LogP contribution < -0.4 is 19.5 Å². The van der Waals surface area contributed by atoms with Crippen molar-refractivity contribution in [2.45, 2.75) is 59.5 Å². The fourth-order valence-corrected chi connectivity index (χ4v) is 3.67. The predicted molar refractivity (Wildman–Crippen MR) is 133 cm³/mol. The number of nitrogens with zero attached hydrogens (tertiary/aromatic N) is 1. The lowest BCUT2D eigenvalue weighted by Crippen LogP contribution is -2.36. The van der Waals surface area contributed by atoms with Crippen LogP contribution in [-0.4, -0.2) is 43.6 Å². The summed E-state index contributed by atoms with van der Waals surface area (Å²) in [5.41, 5.74) is 1.83. The van der Waals surface area contributed by atoms with E-state index < -0.39 is 6.04 Å². The van der Waals surface area contributed by atoms with Crippen LogP contribution >= 0.6 is 0 Å². The third-order valence-corrected chi connectivity index (χ3v) is 5.26. The van der Waals surface area contributed by atoms with Gasteiger partial charge in [-0.25, -0.2) is 0 Å². The number of rotatable bonds is 14. The first-order valence-electron chi connectivity index (χ1n) is 12.0. The highest BCUT2D eigenvalue weighted by Gasteiger charge is 2.22. The van der Waals surface area contributed by atoms with Crippen molar-refractivity contribution in [3.63, 3.8) is 0 Å². The normalized spacial score (nSPS) is 11.4. The molecule has 0 spiro atoms. The minimum absolute atomic E-state index is 0.0271. The zero-order valence-electron chi connectivity index (χ0n) is 21.1. The number of nitrogens with one attached hydrogen (secondary N) is 1. The number of hydrogen-bond acceptors (Lipinski definition) is 5. The average Bonchev–Trinajstić information content (AvgIpc) is 2.83. The van der Waals surface area contributed by atoms with Crippen molar-refractivity contribution in [2.75, 3.05) is 26.9 Å². The Balaban J connectivity index is 2.20. The van der Waals surface area contributed by atoms with Gasteiger partial charge in [0, 0.05) is 20.0 Å². The maximum atomic E-state index is 13.3. The van der Waals surface area contributed by atoms with Crippen LogP contribution in [0, 0.1) is 0 Å². The Labute approximate surface area is 203 Å². The third-order valence-electron chi connectivity index (χ3n) is 5.26. The summed E-state index contributed by atoms with van der Waals surface area (Å²) >= 11 is 0. The van der Waals surface area contributed by atoms with Gasteiger partial charge in [0.05, 0.1) is 32.8 Å². The second-order valence-electron chi connectivity index (χ2n) is 8.11. The Morgan fingerprint density at radius 3 is 2.29 bits per heavy atom. The smallest absolute Gasteiger partial charge is 0.225 e. The molecule has 0 aliphatic heterocycles. The maximum absolute atomic E-state index is 13.3. The molecule has 1 N–H and O–H groups in total. The van der Waals surface area contributed by atoms with E-state index in [1.807, 2.05) is 61.2 Å². The molecule has 2 rings (SSSR count). The summed E-state index contributed by atoms with van der Waals surface area (Å²) in [6.45, 7) is 9.72. The number of benzene rings is 2. The summed E-state index contributed by atoms with van der Waals surface area (Å²) in [7, 11) is 1.60. The lowest BCUT2D eigenvalue weighted by molar-refractivity contribution is -0.132. The van der Waals surface area contributed by atoms with Gasteiger partial charge < -0.3 is 24.4 Å². The van der Waals surface area contributed by atoms with Gasteiger partial charge in [-0.1, -0.05) is 32.0 Å². The van der Waals surface area contributed by atoms with Crippen LogP contribution in [0.1, 0.15) is 64.1 Å². The van der Waals surface area contributed by atoms with Crippen LogP contribution in [0.15, 0.2) is 42.5 Å². The van der Waals surface area contributed by atoms with Gasteiger partial charge in [0.25, 0.3) is 0 Å². The summed E-state index contributed by atoms with van der Waals surface area (Å²) in [4.78, 5) is 27.0. The molecule has 34 heavy (non-hydrogen) atoms. The third kappa shape index (κ3) is 8.28. The fraction of sp³-hybridized carbons (Fsp3) is 0.481. The van der Waals surface area contributed by atoms with E-state index in [0.29, 0.717) is 37.8 Å². The molecule has 0 aromatic heterocycles. The molecule has 0 aliphatic carbocycles. The Bertz CT molecular complexity index is 914. The molecular weight excluding hydrogens is 432 g/mol. The second kappa shape index (κ2) is 14.1. The standard InChI is InChI=1S/C27H38N2O5/c1-6-15-29(19-21-9-14-25(34-16-7-2)26(17-21)33-8-3)27(31)18-24(28-20(4)30)22-10-12-23(32-5)13-11-22/h9-14,17,24H,6-8,15-16,18-19H2,1-5H3,(H,28,30). The molecule has 0 radical (unpaired) electrons. The molecule has 2 amide bonds. The van der Waals surface area contributed by atoms with Crippen molar-refractivity contribution in [3.05, 3.63) is 53.6 Å². The van der Waals surface area contributed by atoms with Gasteiger partial charge in [-0.2, -0.15) is 0 Å². The molecule has 1 unspecified atom stereocenters. The van der Waals surface area contributed by atoms with E-state index in [-0.39, 0.29) is 18.2 Å². The Kier molecular flexibility index (Phi) is 11.2. The molecule has 2 aromatic carbocycles. The van der Waals surface area contributed by atoms with Gasteiger partial charge >= 0.3 is 0 Å². The summed E-state index contributed by atoms with van der Waals surface area (Å²) < 4.78 is 16.8. The van der Waals surface area contributed by atoms with E-state index >= 15 is 0 Å². The van der Waals surface area contributed by atoms with Crippen LogP contribution in [0.3, 0.4) is 0 Å². The lowest BCUT2D eigenvalue weighted by atomic mass is 10.0. The molecule has 0 heterocycles. The molecule has 1 atom stereocenters. The summed E-state index contributed by atoms with van der Waals surface area (Å²) in [6, 6.07) is 12.8. The van der Waals surface area contributed by atoms with Crippen molar-refractivity contribution in [1.29, 1.82) is 0 Å². The largest absolute Gasteiger partial charge is 0.497 e. The summed E-state index contributed by atoms with van der Waals surface area (Å²) in [5.74, 6) is 1.92. The molecule has 0 saturated carbocycles. The second-order valence-corrected chi connectivity index (χ2v) is 8.11. The number of carbonyl (C=O) groups is 2. The van der Waals surface area contributed by atoms with Crippen molar-refractivity contribution in [1.82, 2.24) is 10.2 Å². The highest BCUT2D eigenvalue weighted by atomic mass is 16.5. The van der Waals surface area contributed by atoms with Gasteiger partial charge in [-0.3, -0.25) is 9.59 Å². The summed E-state index contributed by atoms with van der Waals surface area (Å²) in [5, 5.41) is 2.91. The topological polar surface area (TPSA) is 77.1 Å². The van der Waals surface area contributed by atoms with Gasteiger partial charge in [0.1, 0.15) is 5.75 Å². The van der Waals surface area contributed by atoms with Crippen LogP contribution in [0.4, 0.5) is 0 Å². The first-order valence-corrected chi connectivity index (χ1v) is 12.0. The monoisotopic (exact) mass is 470 g/mol. The first-order chi connectivity index (χ1) is 16.4. The number of carbonyl (C=O) groups excluding carboxylic acids is 2. The van der Waals surface area contributed by atoms with E-state index in [4.69, 9.17) is 14.2 Å². The zero-order valence-corrected chi connectivity index (χ0v) is 21.1. The van der Waals surface area contributed by atoms with Crippen molar-refractivity contribution in [2.24, 2.45) is 0 Å². The maximum Gasteiger partial charge on any atom is 0.225 e. The van der Waals surface area contributed by atoms with E-state index in [9.17, 15) is 9.59 Å². The fourth-order valence-electron chi connectivity index (χ4n) is 3.67. The zero-order chi connectivity index (χ0) is 24.9. The SMILES string of the molecule is CCCOc1ccc(CN(CCC)C(=O)CC(NC(C)=O)c2ccc(OC)cc2)cc1OCC. The average molecular weight is 471 g/mol. The van der Waals surface area contributed by atoms with E-state index in [1.54, 1.807) is 7.11 Å². The Morgan fingerprint density at radius 2 is 1.71 bits per heavy atom. The van der Waals surface area contributed by atoms with Gasteiger partial charge in [-0.05, 0) is 55.2 Å². The summed E-state index contributed by atoms with van der Waals surface area (Å²) in [6.07, 6.45) is 1.91. The van der Waals surface area contributed by atoms with Gasteiger partial charge in [0.15, 0.2) is 11.5 Å². The van der Waals surface area contributed by atoms with Crippen molar-refractivity contribution >= 4 is 11.8 Å². The van der Waals surface area contributed by atoms with Crippen LogP contribution in [0.5, 0.6) is 17.2 Å². The van der Waals surface area contributed by atoms with Gasteiger partial charge in [0.2, 0.25) is 11.8 Å². The molecule has 0 bridgehead atoms. The molecule has 0 aliphatic rings. The minimum Gasteiger partial charge on any atom is -0.497 e. The number of ether oxygens (including phenoxy) is 3. The van der Waals surface area contributed by atoms with Crippen LogP contribution in [0.25, 0.3) is 0 Å². The van der Waals surface area contributed by atoms with Gasteiger partial charge in [-0.15, -0.1) is 0 Å². The van der Waals surface area contributed by atoms with Crippen molar-refractivity contribution < 1.29 is 23.8 Å². The van der Waals surface area contributed by atoms with Crippen LogP contribution in [0.2, 0.25) is 0 Å². The first kappa shape index (κ1) is 27.0. The lowest BCUT2D eigenvalue weighted by Gasteiger charge is -2.26. The van der Waals surface area contributed by atoms with E-state index in [0.717, 1.165) is 29.7 Å². The number of amides is 2. The molecular formula is C27H38N2O5. The molecule has 2 aromatic rings. The molecule has 7 nitrogen and oxygen atoms in total. The highest BCUT2D eigenvalue weighted by Crippen LogP contribution is 2.30. The Hall–Kier alpha value is -3.22. The highest BCUT2D eigenvalue weighted by molar-refractivity contribution is 5.79. The quantitative estimate of drug-likeness (QED) is 0.425. The molecule has 186 valence electrons. The molecule has 0 fully saturated rings. The van der Waals surface area contributed by atoms with Crippen LogP contribution in [-0.2, 0) is 16.1 Å². The van der Waals surface area contributed by atoms with E-state index in [2.05, 4.69) is 12.2 Å². The number of methoxy groups -OCH3 is 1. The van der Waals surface area contributed by atoms with Crippen molar-refractivity contribution in [3.8, 4) is 17.2 Å². The Morgan fingerprint density at radius 1 is 0.971 bits per heavy atom.